The van der Waals surface area contributed by atoms with Crippen LogP contribution in [0.2, 0.25) is 0 Å². The summed E-state index contributed by atoms with van der Waals surface area (Å²) < 4.78 is 12.1. The number of methoxy groups -OCH3 is 2. The number of nitrogen functional groups attached to an aromatic ring is 1. The topological polar surface area (TPSA) is 88.1 Å². The van der Waals surface area contributed by atoms with Gasteiger partial charge in [0.25, 0.3) is 0 Å². The minimum atomic E-state index is 0.648. The van der Waals surface area contributed by atoms with Gasteiger partial charge < -0.3 is 15.2 Å². The Balaban J connectivity index is 2.21. The molecule has 108 valence electrons. The largest absolute Gasteiger partial charge is 0.496 e. The molecular formula is C13H19N5O2. The van der Waals surface area contributed by atoms with Crippen molar-refractivity contribution in [1.82, 2.24) is 20.2 Å². The van der Waals surface area contributed by atoms with Crippen LogP contribution in [-0.2, 0) is 11.3 Å². The van der Waals surface area contributed by atoms with Crippen LogP contribution in [0.15, 0.2) is 18.2 Å². The fourth-order valence-electron chi connectivity index (χ4n) is 1.96. The molecule has 0 fully saturated rings. The number of aryl methyl sites for hydroxylation is 1. The van der Waals surface area contributed by atoms with Crippen molar-refractivity contribution < 1.29 is 9.47 Å². The Hall–Kier alpha value is -2.15. The first-order valence-electron chi connectivity index (χ1n) is 6.45. The zero-order valence-electron chi connectivity index (χ0n) is 11.7. The molecule has 7 nitrogen and oxygen atoms in total. The predicted octanol–water partition coefficient (Wildman–Crippen LogP) is 1.36. The van der Waals surface area contributed by atoms with Gasteiger partial charge in [0.05, 0.1) is 12.7 Å². The molecule has 2 rings (SSSR count). The third kappa shape index (κ3) is 3.24. The van der Waals surface area contributed by atoms with Crippen LogP contribution in [0.3, 0.4) is 0 Å². The van der Waals surface area contributed by atoms with Crippen molar-refractivity contribution in [1.29, 1.82) is 0 Å². The van der Waals surface area contributed by atoms with Crippen LogP contribution in [0.4, 0.5) is 5.69 Å². The monoisotopic (exact) mass is 277 g/mol. The molecule has 0 saturated carbocycles. The van der Waals surface area contributed by atoms with Gasteiger partial charge in [0, 0.05) is 25.9 Å². The van der Waals surface area contributed by atoms with Gasteiger partial charge in [-0.25, -0.2) is 4.68 Å². The second kappa shape index (κ2) is 6.85. The first-order chi connectivity index (χ1) is 9.76. The number of nitrogens with zero attached hydrogens (tertiary/aromatic N) is 4. The molecule has 0 amide bonds. The second-order valence-corrected chi connectivity index (χ2v) is 4.39. The van der Waals surface area contributed by atoms with Crippen LogP contribution >= 0.6 is 0 Å². The summed E-state index contributed by atoms with van der Waals surface area (Å²) in [5.74, 6) is 1.36. The van der Waals surface area contributed by atoms with Crippen LogP contribution in [0.1, 0.15) is 12.8 Å². The lowest BCUT2D eigenvalue weighted by molar-refractivity contribution is 0.191. The molecule has 0 aliphatic rings. The molecule has 0 spiro atoms. The van der Waals surface area contributed by atoms with Gasteiger partial charge in [-0.15, -0.1) is 5.10 Å². The normalized spacial score (nSPS) is 10.7. The van der Waals surface area contributed by atoms with Gasteiger partial charge in [-0.3, -0.25) is 0 Å². The summed E-state index contributed by atoms with van der Waals surface area (Å²) in [6.45, 7) is 1.46. The van der Waals surface area contributed by atoms with Gasteiger partial charge in [0.1, 0.15) is 5.75 Å². The highest BCUT2D eigenvalue weighted by Gasteiger charge is 2.14. The van der Waals surface area contributed by atoms with E-state index in [9.17, 15) is 0 Å². The van der Waals surface area contributed by atoms with Crippen molar-refractivity contribution in [2.24, 2.45) is 0 Å². The minimum absolute atomic E-state index is 0.648. The van der Waals surface area contributed by atoms with E-state index >= 15 is 0 Å². The molecule has 0 aliphatic heterocycles. The van der Waals surface area contributed by atoms with Gasteiger partial charge in [-0.05, 0) is 41.5 Å². The molecular weight excluding hydrogens is 258 g/mol. The van der Waals surface area contributed by atoms with Crippen molar-refractivity contribution in [3.05, 3.63) is 18.2 Å². The lowest BCUT2D eigenvalue weighted by Gasteiger charge is -2.09. The number of hydrogen-bond donors (Lipinski definition) is 1. The van der Waals surface area contributed by atoms with Crippen molar-refractivity contribution in [2.45, 2.75) is 19.4 Å². The number of unbranched alkanes of at least 4 members (excludes halogenated alkanes) is 1. The molecule has 2 aromatic rings. The number of ether oxygens (including phenoxy) is 2. The second-order valence-electron chi connectivity index (χ2n) is 4.39. The van der Waals surface area contributed by atoms with E-state index in [1.807, 2.05) is 12.1 Å². The summed E-state index contributed by atoms with van der Waals surface area (Å²) in [6.07, 6.45) is 1.90. The molecule has 20 heavy (non-hydrogen) atoms. The number of nitrogens with two attached hydrogens (primary N) is 1. The molecule has 0 unspecified atom stereocenters. The smallest absolute Gasteiger partial charge is 0.185 e. The summed E-state index contributed by atoms with van der Waals surface area (Å²) >= 11 is 0. The average Bonchev–Trinajstić information content (AvgIpc) is 2.92. The molecule has 0 atom stereocenters. The van der Waals surface area contributed by atoms with Crippen LogP contribution in [0.25, 0.3) is 11.4 Å². The summed E-state index contributed by atoms with van der Waals surface area (Å²) in [6, 6.07) is 5.42. The molecule has 0 aliphatic carbocycles. The zero-order valence-corrected chi connectivity index (χ0v) is 11.7. The van der Waals surface area contributed by atoms with E-state index in [1.54, 1.807) is 25.0 Å². The van der Waals surface area contributed by atoms with Crippen molar-refractivity contribution in [2.75, 3.05) is 26.6 Å². The molecule has 1 aromatic carbocycles. The highest BCUT2D eigenvalue weighted by Crippen LogP contribution is 2.29. The van der Waals surface area contributed by atoms with E-state index in [4.69, 9.17) is 15.2 Å². The highest BCUT2D eigenvalue weighted by atomic mass is 16.5. The maximum Gasteiger partial charge on any atom is 0.185 e. The van der Waals surface area contributed by atoms with Crippen molar-refractivity contribution in [3.63, 3.8) is 0 Å². The molecule has 2 N–H and O–H groups in total. The van der Waals surface area contributed by atoms with E-state index in [1.165, 1.54) is 0 Å². The fraction of sp³-hybridized carbons (Fsp3) is 0.462. The molecule has 1 heterocycles. The number of rotatable bonds is 7. The number of aromatic nitrogens is 4. The van der Waals surface area contributed by atoms with E-state index in [2.05, 4.69) is 15.5 Å². The Bertz CT molecular complexity index is 555. The third-order valence-electron chi connectivity index (χ3n) is 2.96. The minimum Gasteiger partial charge on any atom is -0.496 e. The number of hydrogen-bond acceptors (Lipinski definition) is 6. The Kier molecular flexibility index (Phi) is 4.89. The maximum absolute atomic E-state index is 5.83. The van der Waals surface area contributed by atoms with E-state index in [0.717, 1.165) is 31.6 Å². The van der Waals surface area contributed by atoms with E-state index in [0.29, 0.717) is 17.3 Å². The Morgan fingerprint density at radius 2 is 2.10 bits per heavy atom. The molecule has 0 saturated heterocycles. The summed E-state index contributed by atoms with van der Waals surface area (Å²) in [5, 5.41) is 11.8. The fourth-order valence-corrected chi connectivity index (χ4v) is 1.96. The summed E-state index contributed by atoms with van der Waals surface area (Å²) in [4.78, 5) is 0. The molecule has 1 aromatic heterocycles. The Labute approximate surface area is 117 Å². The number of anilines is 1. The van der Waals surface area contributed by atoms with E-state index in [-0.39, 0.29) is 0 Å². The summed E-state index contributed by atoms with van der Waals surface area (Å²) in [7, 11) is 3.31. The van der Waals surface area contributed by atoms with Crippen molar-refractivity contribution in [3.8, 4) is 17.1 Å². The van der Waals surface area contributed by atoms with Gasteiger partial charge in [-0.1, -0.05) is 0 Å². The standard InChI is InChI=1S/C13H19N5O2/c1-19-8-4-3-7-18-13(15-16-17-18)11-9-10(14)5-6-12(11)20-2/h5-6,9H,3-4,7-8,14H2,1-2H3. The zero-order chi connectivity index (χ0) is 14.4. The summed E-state index contributed by atoms with van der Waals surface area (Å²) in [5.41, 5.74) is 7.27. The van der Waals surface area contributed by atoms with Crippen LogP contribution < -0.4 is 10.5 Å². The van der Waals surface area contributed by atoms with Crippen LogP contribution in [-0.4, -0.2) is 41.0 Å². The van der Waals surface area contributed by atoms with Gasteiger partial charge in [-0.2, -0.15) is 0 Å². The third-order valence-corrected chi connectivity index (χ3v) is 2.96. The quantitative estimate of drug-likeness (QED) is 0.607. The van der Waals surface area contributed by atoms with Crippen LogP contribution in [0.5, 0.6) is 5.75 Å². The van der Waals surface area contributed by atoms with Gasteiger partial charge in [0.2, 0.25) is 0 Å². The Morgan fingerprint density at radius 3 is 2.85 bits per heavy atom. The number of tetrazole rings is 1. The first-order valence-corrected chi connectivity index (χ1v) is 6.45. The highest BCUT2D eigenvalue weighted by molar-refractivity contribution is 5.68. The Morgan fingerprint density at radius 1 is 1.25 bits per heavy atom. The van der Waals surface area contributed by atoms with Gasteiger partial charge >= 0.3 is 0 Å². The van der Waals surface area contributed by atoms with E-state index < -0.39 is 0 Å². The first kappa shape index (κ1) is 14.3. The molecule has 0 radical (unpaired) electrons. The maximum atomic E-state index is 5.83. The lowest BCUT2D eigenvalue weighted by Crippen LogP contribution is -2.05. The average molecular weight is 277 g/mol. The molecule has 0 bridgehead atoms. The number of benzene rings is 1. The molecule has 7 heteroatoms. The van der Waals surface area contributed by atoms with Crippen molar-refractivity contribution >= 4 is 5.69 Å². The predicted molar refractivity (Wildman–Crippen MR) is 75.3 cm³/mol. The van der Waals surface area contributed by atoms with Gasteiger partial charge in [0.15, 0.2) is 5.82 Å². The van der Waals surface area contributed by atoms with Crippen LogP contribution in [0, 0.1) is 0 Å². The lowest BCUT2D eigenvalue weighted by atomic mass is 10.1. The SMILES string of the molecule is COCCCCn1nnnc1-c1cc(N)ccc1OC.